The predicted molar refractivity (Wildman–Crippen MR) is 69.5 cm³/mol. The SMILES string of the molecule is CN(CC1CC(O)C1)c1nc(NN)ncc1Br. The summed E-state index contributed by atoms with van der Waals surface area (Å²) in [7, 11) is 1.97. The molecule has 6 nitrogen and oxygen atoms in total. The number of nitrogen functional groups attached to an aromatic ring is 1. The molecule has 17 heavy (non-hydrogen) atoms. The molecule has 0 saturated heterocycles. The van der Waals surface area contributed by atoms with Crippen molar-refractivity contribution in [3.63, 3.8) is 0 Å². The van der Waals surface area contributed by atoms with Gasteiger partial charge in [-0.2, -0.15) is 4.98 Å². The van der Waals surface area contributed by atoms with E-state index in [0.717, 1.165) is 29.7 Å². The van der Waals surface area contributed by atoms with Gasteiger partial charge in [0.05, 0.1) is 10.6 Å². The van der Waals surface area contributed by atoms with E-state index < -0.39 is 0 Å². The van der Waals surface area contributed by atoms with E-state index in [4.69, 9.17) is 5.84 Å². The minimum absolute atomic E-state index is 0.122. The topological polar surface area (TPSA) is 87.3 Å². The Labute approximate surface area is 108 Å². The Hall–Kier alpha value is -0.920. The lowest BCUT2D eigenvalue weighted by atomic mass is 9.82. The minimum atomic E-state index is -0.122. The molecule has 1 heterocycles. The van der Waals surface area contributed by atoms with Gasteiger partial charge in [-0.25, -0.2) is 10.8 Å². The van der Waals surface area contributed by atoms with Gasteiger partial charge >= 0.3 is 0 Å². The summed E-state index contributed by atoms with van der Waals surface area (Å²) in [5, 5.41) is 9.26. The van der Waals surface area contributed by atoms with Crippen molar-refractivity contribution in [2.24, 2.45) is 11.8 Å². The number of hydrogen-bond donors (Lipinski definition) is 3. The maximum atomic E-state index is 9.26. The van der Waals surface area contributed by atoms with Crippen LogP contribution in [0.1, 0.15) is 12.8 Å². The highest BCUT2D eigenvalue weighted by atomic mass is 79.9. The molecule has 1 aromatic rings. The van der Waals surface area contributed by atoms with Gasteiger partial charge in [-0.05, 0) is 34.7 Å². The molecule has 0 radical (unpaired) electrons. The number of aliphatic hydroxyl groups excluding tert-OH is 1. The quantitative estimate of drug-likeness (QED) is 0.561. The van der Waals surface area contributed by atoms with Crippen LogP contribution in [0.15, 0.2) is 10.7 Å². The van der Waals surface area contributed by atoms with Gasteiger partial charge in [0.15, 0.2) is 0 Å². The van der Waals surface area contributed by atoms with Crippen molar-refractivity contribution in [1.82, 2.24) is 9.97 Å². The van der Waals surface area contributed by atoms with Crippen molar-refractivity contribution in [3.05, 3.63) is 10.7 Å². The Morgan fingerprint density at radius 2 is 2.35 bits per heavy atom. The second kappa shape index (κ2) is 5.16. The zero-order valence-electron chi connectivity index (χ0n) is 9.60. The number of aromatic nitrogens is 2. The van der Waals surface area contributed by atoms with E-state index in [9.17, 15) is 5.11 Å². The number of nitrogens with one attached hydrogen (secondary N) is 1. The number of halogens is 1. The Balaban J connectivity index is 2.04. The Morgan fingerprint density at radius 1 is 1.65 bits per heavy atom. The molecule has 0 bridgehead atoms. The molecule has 1 fully saturated rings. The first kappa shape index (κ1) is 12.5. The maximum absolute atomic E-state index is 9.26. The fourth-order valence-electron chi connectivity index (χ4n) is 2.02. The van der Waals surface area contributed by atoms with Crippen molar-refractivity contribution >= 4 is 27.7 Å². The summed E-state index contributed by atoms with van der Waals surface area (Å²) in [6.45, 7) is 0.872. The van der Waals surface area contributed by atoms with Crippen LogP contribution in [-0.4, -0.2) is 34.8 Å². The summed E-state index contributed by atoms with van der Waals surface area (Å²) in [5.74, 6) is 7.01. The lowest BCUT2D eigenvalue weighted by molar-refractivity contribution is 0.0464. The molecule has 1 saturated carbocycles. The van der Waals surface area contributed by atoms with Gasteiger partial charge in [-0.1, -0.05) is 0 Å². The van der Waals surface area contributed by atoms with Gasteiger partial charge in [0.2, 0.25) is 5.95 Å². The lowest BCUT2D eigenvalue weighted by Crippen LogP contribution is -2.37. The van der Waals surface area contributed by atoms with Crippen LogP contribution < -0.4 is 16.2 Å². The number of hydrazine groups is 1. The first-order chi connectivity index (χ1) is 8.10. The monoisotopic (exact) mass is 301 g/mol. The third-order valence-corrected chi connectivity index (χ3v) is 3.52. The third-order valence-electron chi connectivity index (χ3n) is 2.96. The number of nitrogens with zero attached hydrogens (tertiary/aromatic N) is 3. The fourth-order valence-corrected chi connectivity index (χ4v) is 2.51. The molecule has 0 atom stereocenters. The number of anilines is 2. The molecule has 1 aromatic heterocycles. The maximum Gasteiger partial charge on any atom is 0.239 e. The third kappa shape index (κ3) is 2.85. The molecule has 7 heteroatoms. The molecule has 0 aromatic carbocycles. The van der Waals surface area contributed by atoms with Crippen molar-refractivity contribution in [1.29, 1.82) is 0 Å². The second-order valence-electron chi connectivity index (χ2n) is 4.38. The first-order valence-corrected chi connectivity index (χ1v) is 6.27. The Morgan fingerprint density at radius 3 is 2.94 bits per heavy atom. The van der Waals surface area contributed by atoms with Gasteiger partial charge in [0, 0.05) is 19.8 Å². The average molecular weight is 302 g/mol. The highest BCUT2D eigenvalue weighted by Crippen LogP contribution is 2.30. The van der Waals surface area contributed by atoms with Gasteiger partial charge in [-0.3, -0.25) is 5.43 Å². The number of hydrogen-bond acceptors (Lipinski definition) is 6. The van der Waals surface area contributed by atoms with Gasteiger partial charge in [0.1, 0.15) is 5.82 Å². The van der Waals surface area contributed by atoms with E-state index in [1.807, 2.05) is 11.9 Å². The molecular formula is C10H16BrN5O. The average Bonchev–Trinajstić information content (AvgIpc) is 2.27. The molecule has 94 valence electrons. The van der Waals surface area contributed by atoms with Gasteiger partial charge < -0.3 is 10.0 Å². The highest BCUT2D eigenvalue weighted by molar-refractivity contribution is 9.10. The number of aliphatic hydroxyl groups is 1. The smallest absolute Gasteiger partial charge is 0.239 e. The minimum Gasteiger partial charge on any atom is -0.393 e. The van der Waals surface area contributed by atoms with E-state index in [2.05, 4.69) is 31.3 Å². The summed E-state index contributed by atoms with van der Waals surface area (Å²) in [6, 6.07) is 0. The zero-order valence-corrected chi connectivity index (χ0v) is 11.2. The van der Waals surface area contributed by atoms with Crippen LogP contribution in [0.5, 0.6) is 0 Å². The fraction of sp³-hybridized carbons (Fsp3) is 0.600. The molecule has 0 aliphatic heterocycles. The summed E-state index contributed by atoms with van der Waals surface area (Å²) in [4.78, 5) is 10.3. The molecule has 0 amide bonds. The van der Waals surface area contributed by atoms with E-state index in [1.54, 1.807) is 6.20 Å². The summed E-state index contributed by atoms with van der Waals surface area (Å²) in [6.07, 6.45) is 3.29. The first-order valence-electron chi connectivity index (χ1n) is 5.48. The van der Waals surface area contributed by atoms with Crippen LogP contribution in [0.4, 0.5) is 11.8 Å². The molecule has 4 N–H and O–H groups in total. The molecule has 2 rings (SSSR count). The lowest BCUT2D eigenvalue weighted by Gasteiger charge is -2.35. The van der Waals surface area contributed by atoms with Crippen molar-refractivity contribution in [2.45, 2.75) is 18.9 Å². The van der Waals surface area contributed by atoms with E-state index >= 15 is 0 Å². The van der Waals surface area contributed by atoms with Crippen LogP contribution in [0.2, 0.25) is 0 Å². The van der Waals surface area contributed by atoms with Crippen LogP contribution in [0, 0.1) is 5.92 Å². The van der Waals surface area contributed by atoms with Crippen LogP contribution in [-0.2, 0) is 0 Å². The molecule has 0 spiro atoms. The normalized spacial score (nSPS) is 23.1. The van der Waals surface area contributed by atoms with E-state index in [0.29, 0.717) is 11.9 Å². The highest BCUT2D eigenvalue weighted by Gasteiger charge is 2.28. The largest absolute Gasteiger partial charge is 0.393 e. The molecular weight excluding hydrogens is 286 g/mol. The van der Waals surface area contributed by atoms with Crippen molar-refractivity contribution in [3.8, 4) is 0 Å². The van der Waals surface area contributed by atoms with Gasteiger partial charge in [0.25, 0.3) is 0 Å². The number of rotatable bonds is 4. The van der Waals surface area contributed by atoms with Crippen LogP contribution in [0.3, 0.4) is 0 Å². The molecule has 1 aliphatic carbocycles. The van der Waals surface area contributed by atoms with Crippen LogP contribution >= 0.6 is 15.9 Å². The van der Waals surface area contributed by atoms with E-state index in [-0.39, 0.29) is 6.10 Å². The van der Waals surface area contributed by atoms with Crippen molar-refractivity contribution in [2.75, 3.05) is 23.9 Å². The summed E-state index contributed by atoms with van der Waals surface area (Å²) in [5.41, 5.74) is 2.43. The Bertz CT molecular complexity index is 396. The molecule has 1 aliphatic rings. The predicted octanol–water partition coefficient (Wildman–Crippen LogP) is 0.732. The van der Waals surface area contributed by atoms with Crippen LogP contribution in [0.25, 0.3) is 0 Å². The summed E-state index contributed by atoms with van der Waals surface area (Å²) < 4.78 is 0.832. The number of nitrogens with two attached hydrogens (primary N) is 1. The van der Waals surface area contributed by atoms with Crippen molar-refractivity contribution < 1.29 is 5.11 Å². The van der Waals surface area contributed by atoms with Gasteiger partial charge in [-0.15, -0.1) is 0 Å². The zero-order chi connectivity index (χ0) is 12.4. The second-order valence-corrected chi connectivity index (χ2v) is 5.24. The summed E-state index contributed by atoms with van der Waals surface area (Å²) >= 11 is 3.42. The molecule has 0 unspecified atom stereocenters. The Kier molecular flexibility index (Phi) is 3.80. The van der Waals surface area contributed by atoms with E-state index in [1.165, 1.54) is 0 Å². The standard InChI is InChI=1S/C10H16BrN5O/c1-16(5-6-2-7(17)3-6)9-8(11)4-13-10(14-9)15-12/h4,6-7,17H,2-3,5,12H2,1H3,(H,13,14,15).